The van der Waals surface area contributed by atoms with Crippen LogP contribution in [-0.4, -0.2) is 11.3 Å². The van der Waals surface area contributed by atoms with Crippen molar-refractivity contribution in [2.75, 3.05) is 0 Å². The van der Waals surface area contributed by atoms with Crippen molar-refractivity contribution in [3.8, 4) is 16.9 Å². The summed E-state index contributed by atoms with van der Waals surface area (Å²) in [5.41, 5.74) is 0.566. The zero-order chi connectivity index (χ0) is 22.4. The van der Waals surface area contributed by atoms with Gasteiger partial charge in [-0.25, -0.2) is 26.9 Å². The molecule has 0 aliphatic carbocycles. The summed E-state index contributed by atoms with van der Waals surface area (Å²) in [4.78, 5) is 3.39. The minimum absolute atomic E-state index is 0.0674. The van der Waals surface area contributed by atoms with Gasteiger partial charge in [-0.3, -0.25) is 0 Å². The van der Waals surface area contributed by atoms with E-state index in [1.807, 2.05) is 0 Å². The quantitative estimate of drug-likeness (QED) is 0.163. The molecule has 0 unspecified atom stereocenters. The molecule has 3 aromatic carbocycles. The summed E-state index contributed by atoms with van der Waals surface area (Å²) in [7, 11) is 9.87. The average molecular weight is 539 g/mol. The van der Waals surface area contributed by atoms with Gasteiger partial charge in [0.15, 0.2) is 23.3 Å². The molecule has 0 radical (unpaired) electrons. The molecule has 0 aliphatic heterocycles. The van der Waals surface area contributed by atoms with Crippen LogP contribution in [0.4, 0.5) is 27.6 Å². The van der Waals surface area contributed by atoms with E-state index >= 15 is 0 Å². The Kier molecular flexibility index (Phi) is 9.01. The van der Waals surface area contributed by atoms with Crippen molar-refractivity contribution in [3.63, 3.8) is 0 Å². The SMILES string of the molecule is Cc1cc(C=Nc2c(F)c(F)c(F)c(F)c2F)c(O)c(-c2ccccc2)c1.[Cl][Zr][Cl]. The number of aryl methyl sites for hydroxylation is 1. The molecule has 0 spiro atoms. The molecular formula is C20H12Cl2F5NOZr. The molecule has 30 heavy (non-hydrogen) atoms. The second-order valence-corrected chi connectivity index (χ2v) is 9.60. The Hall–Kier alpha value is -1.76. The number of rotatable bonds is 3. The molecule has 0 heterocycles. The Labute approximate surface area is 187 Å². The molecule has 0 amide bonds. The summed E-state index contributed by atoms with van der Waals surface area (Å²) >= 11 is -0.826. The summed E-state index contributed by atoms with van der Waals surface area (Å²) in [5, 5.41) is 10.4. The second-order valence-electron chi connectivity index (χ2n) is 5.86. The number of hydrogen-bond donors (Lipinski definition) is 1. The number of halogens is 7. The maximum absolute atomic E-state index is 13.7. The first-order chi connectivity index (χ1) is 14.2. The first kappa shape index (κ1) is 24.5. The molecule has 0 aliphatic rings. The summed E-state index contributed by atoms with van der Waals surface area (Å²) in [6.45, 7) is 1.72. The van der Waals surface area contributed by atoms with Crippen molar-refractivity contribution in [1.82, 2.24) is 0 Å². The van der Waals surface area contributed by atoms with Gasteiger partial charge >= 0.3 is 37.9 Å². The third-order valence-corrected chi connectivity index (χ3v) is 3.89. The van der Waals surface area contributed by atoms with Gasteiger partial charge in [0.25, 0.3) is 0 Å². The Morgan fingerprint density at radius 1 is 0.867 bits per heavy atom. The number of nitrogens with zero attached hydrogens (tertiary/aromatic N) is 1. The predicted octanol–water partition coefficient (Wildman–Crippen LogP) is 7.19. The van der Waals surface area contributed by atoms with Crippen LogP contribution in [0.3, 0.4) is 0 Å². The van der Waals surface area contributed by atoms with Gasteiger partial charge in [-0.2, -0.15) is 0 Å². The molecule has 0 saturated heterocycles. The number of aliphatic imine (C=N–C) groups is 1. The molecule has 2 nitrogen and oxygen atoms in total. The van der Waals surface area contributed by atoms with Crippen LogP contribution in [-0.2, 0) is 20.8 Å². The molecule has 10 heteroatoms. The van der Waals surface area contributed by atoms with Gasteiger partial charge in [-0.05, 0) is 30.2 Å². The fourth-order valence-corrected chi connectivity index (χ4v) is 2.58. The average Bonchev–Trinajstić information content (AvgIpc) is 2.74. The van der Waals surface area contributed by atoms with Crippen LogP contribution in [0.2, 0.25) is 0 Å². The van der Waals surface area contributed by atoms with Crippen molar-refractivity contribution in [3.05, 3.63) is 82.7 Å². The Morgan fingerprint density at radius 2 is 1.37 bits per heavy atom. The van der Waals surface area contributed by atoms with E-state index in [2.05, 4.69) is 4.99 Å². The van der Waals surface area contributed by atoms with E-state index < -0.39 is 55.6 Å². The van der Waals surface area contributed by atoms with E-state index in [4.69, 9.17) is 17.0 Å². The van der Waals surface area contributed by atoms with Crippen molar-refractivity contribution in [2.24, 2.45) is 4.99 Å². The fraction of sp³-hybridized carbons (Fsp3) is 0.0500. The molecule has 0 atom stereocenters. The van der Waals surface area contributed by atoms with Crippen molar-refractivity contribution in [1.29, 1.82) is 0 Å². The second kappa shape index (κ2) is 11.0. The standard InChI is InChI=1S/C20H12F5NO.2ClH.Zr/c1-10-7-12(20(27)13(8-10)11-5-3-2-4-6-11)9-26-19-17(24)15(22)14(21)16(23)18(19)25;;;/h2-9,27H,1H3;2*1H;/q;;;+2/p-2. The fourth-order valence-electron chi connectivity index (χ4n) is 2.58. The summed E-state index contributed by atoms with van der Waals surface area (Å²) in [6, 6.07) is 12.0. The van der Waals surface area contributed by atoms with E-state index in [9.17, 15) is 27.1 Å². The summed E-state index contributed by atoms with van der Waals surface area (Å²) in [6.07, 6.45) is 0.854. The number of phenolic OH excluding ortho intramolecular Hbond substituents is 1. The summed E-state index contributed by atoms with van der Waals surface area (Å²) < 4.78 is 67.1. The van der Waals surface area contributed by atoms with Gasteiger partial charge in [0.05, 0.1) is 0 Å². The molecule has 1 N–H and O–H groups in total. The zero-order valence-corrected chi connectivity index (χ0v) is 19.1. The normalized spacial score (nSPS) is 10.7. The van der Waals surface area contributed by atoms with Crippen molar-refractivity contribution >= 4 is 28.9 Å². The van der Waals surface area contributed by atoms with Crippen LogP contribution in [0.5, 0.6) is 5.75 Å². The Morgan fingerprint density at radius 3 is 1.90 bits per heavy atom. The first-order valence-corrected chi connectivity index (χ1v) is 14.5. The zero-order valence-electron chi connectivity index (χ0n) is 15.2. The predicted molar refractivity (Wildman–Crippen MR) is 103 cm³/mol. The molecule has 0 bridgehead atoms. The number of aromatic hydroxyl groups is 1. The van der Waals surface area contributed by atoms with E-state index in [-0.39, 0.29) is 11.3 Å². The van der Waals surface area contributed by atoms with E-state index in [1.165, 1.54) is 6.07 Å². The molecule has 0 fully saturated rings. The monoisotopic (exact) mass is 537 g/mol. The number of phenols is 1. The third kappa shape index (κ3) is 5.48. The van der Waals surface area contributed by atoms with Crippen molar-refractivity contribution < 1.29 is 47.9 Å². The van der Waals surface area contributed by atoms with Crippen molar-refractivity contribution in [2.45, 2.75) is 6.92 Å². The molecule has 3 aromatic rings. The van der Waals surface area contributed by atoms with E-state index in [0.717, 1.165) is 6.21 Å². The molecule has 156 valence electrons. The topological polar surface area (TPSA) is 32.6 Å². The van der Waals surface area contributed by atoms with Crippen LogP contribution < -0.4 is 0 Å². The van der Waals surface area contributed by atoms with Gasteiger partial charge in [0, 0.05) is 17.3 Å². The molecule has 0 saturated carbocycles. The third-order valence-electron chi connectivity index (χ3n) is 3.89. The van der Waals surface area contributed by atoms with Crippen LogP contribution in [0.1, 0.15) is 11.1 Å². The Bertz CT molecular complexity index is 1050. The number of benzene rings is 3. The maximum atomic E-state index is 13.7. The van der Waals surface area contributed by atoms with Crippen LogP contribution >= 0.6 is 17.0 Å². The number of hydrogen-bond acceptors (Lipinski definition) is 2. The van der Waals surface area contributed by atoms with Crippen LogP contribution in [0.25, 0.3) is 11.1 Å². The minimum atomic E-state index is -2.26. The molecule has 3 rings (SSSR count). The van der Waals surface area contributed by atoms with E-state index in [1.54, 1.807) is 43.3 Å². The molecular weight excluding hydrogens is 527 g/mol. The van der Waals surface area contributed by atoms with Crippen LogP contribution in [0, 0.1) is 36.0 Å². The van der Waals surface area contributed by atoms with Crippen LogP contribution in [0.15, 0.2) is 47.5 Å². The Balaban J connectivity index is 0.00000101. The van der Waals surface area contributed by atoms with Gasteiger partial charge < -0.3 is 5.11 Å². The van der Waals surface area contributed by atoms with Gasteiger partial charge in [-0.15, -0.1) is 0 Å². The van der Waals surface area contributed by atoms with E-state index in [0.29, 0.717) is 16.7 Å². The van der Waals surface area contributed by atoms with Gasteiger partial charge in [0.1, 0.15) is 11.4 Å². The summed E-state index contributed by atoms with van der Waals surface area (Å²) in [5.74, 6) is -10.7. The molecule has 0 aromatic heterocycles. The van der Waals surface area contributed by atoms with Gasteiger partial charge in [-0.1, -0.05) is 30.3 Å². The first-order valence-electron chi connectivity index (χ1n) is 8.13. The van der Waals surface area contributed by atoms with Gasteiger partial charge in [0.2, 0.25) is 5.82 Å².